The largest absolute Gasteiger partial charge is 0.365 e. The number of fused-ring (bicyclic) bond motifs is 1. The number of aromatic nitrogens is 2. The number of benzene rings is 1. The van der Waals surface area contributed by atoms with Crippen LogP contribution in [0.4, 0.5) is 9.18 Å². The highest BCUT2D eigenvalue weighted by Gasteiger charge is 2.52. The highest BCUT2D eigenvalue weighted by atomic mass is 19.1. The maximum absolute atomic E-state index is 13.8. The molecule has 7 nitrogen and oxygen atoms in total. The average Bonchev–Trinajstić information content (AvgIpc) is 3.11. The molecule has 0 radical (unpaired) electrons. The second-order valence-electron chi connectivity index (χ2n) is 10.3. The smallest absolute Gasteiger partial charge is 0.318 e. The van der Waals surface area contributed by atoms with Gasteiger partial charge in [0.1, 0.15) is 11.5 Å². The van der Waals surface area contributed by atoms with Crippen LogP contribution in [0.25, 0.3) is 11.3 Å². The summed E-state index contributed by atoms with van der Waals surface area (Å²) in [4.78, 5) is 27.4. The first-order valence-electron chi connectivity index (χ1n) is 11.6. The molecule has 3 N–H and O–H groups in total. The Labute approximate surface area is 186 Å². The maximum atomic E-state index is 13.8. The van der Waals surface area contributed by atoms with Crippen molar-refractivity contribution >= 4 is 11.9 Å². The topological polar surface area (TPSA) is 93.2 Å². The Bertz CT molecular complexity index is 1070. The van der Waals surface area contributed by atoms with Crippen LogP contribution in [0.1, 0.15) is 54.6 Å². The zero-order valence-electron chi connectivity index (χ0n) is 18.0. The van der Waals surface area contributed by atoms with E-state index in [0.717, 1.165) is 37.0 Å². The summed E-state index contributed by atoms with van der Waals surface area (Å²) in [6.45, 7) is 1.24. The first-order valence-corrected chi connectivity index (χ1v) is 11.6. The van der Waals surface area contributed by atoms with Gasteiger partial charge in [-0.05, 0) is 68.4 Å². The van der Waals surface area contributed by atoms with E-state index >= 15 is 0 Å². The highest BCUT2D eigenvalue weighted by Crippen LogP contribution is 2.55. The van der Waals surface area contributed by atoms with Crippen LogP contribution in [0.15, 0.2) is 24.3 Å². The Kier molecular flexibility index (Phi) is 4.35. The molecule has 4 saturated carbocycles. The van der Waals surface area contributed by atoms with Gasteiger partial charge < -0.3 is 16.0 Å². The number of halogens is 1. The van der Waals surface area contributed by atoms with Crippen molar-refractivity contribution in [1.82, 2.24) is 20.0 Å². The van der Waals surface area contributed by atoms with Gasteiger partial charge in [-0.2, -0.15) is 5.10 Å². The molecule has 4 aliphatic carbocycles. The normalized spacial score (nSPS) is 30.3. The van der Waals surface area contributed by atoms with Gasteiger partial charge in [-0.3, -0.25) is 9.48 Å². The van der Waals surface area contributed by atoms with Gasteiger partial charge in [-0.1, -0.05) is 12.1 Å². The molecule has 5 aliphatic rings. The minimum Gasteiger partial charge on any atom is -0.365 e. The summed E-state index contributed by atoms with van der Waals surface area (Å²) in [5.41, 5.74) is 7.40. The Morgan fingerprint density at radius 3 is 2.41 bits per heavy atom. The van der Waals surface area contributed by atoms with Crippen LogP contribution in [0.3, 0.4) is 0 Å². The van der Waals surface area contributed by atoms with E-state index in [2.05, 4.69) is 10.4 Å². The summed E-state index contributed by atoms with van der Waals surface area (Å²) in [5, 5.41) is 7.96. The van der Waals surface area contributed by atoms with Crippen molar-refractivity contribution in [3.63, 3.8) is 0 Å². The molecule has 0 spiro atoms. The van der Waals surface area contributed by atoms with Crippen molar-refractivity contribution in [3.8, 4) is 11.3 Å². The van der Waals surface area contributed by atoms with Crippen LogP contribution in [0.2, 0.25) is 0 Å². The van der Waals surface area contributed by atoms with Gasteiger partial charge in [0.2, 0.25) is 0 Å². The first-order chi connectivity index (χ1) is 15.4. The van der Waals surface area contributed by atoms with E-state index < -0.39 is 11.7 Å². The highest BCUT2D eigenvalue weighted by molar-refractivity contribution is 6.00. The lowest BCUT2D eigenvalue weighted by molar-refractivity contribution is -0.0161. The standard InChI is InChI=1S/C24H28FN5O2/c25-18-3-1-2-17(9-18)21-20(22(26)31)19-13-29(4-5-30(19)28-21)23(32)27-24-10-14-6-15(11-24)8-16(7-14)12-24/h1-3,9,14-16H,4-8,10-13H2,(H2,26,31)(H,27,32). The second-order valence-corrected chi connectivity index (χ2v) is 10.3. The molecule has 1 aliphatic heterocycles. The molecule has 168 valence electrons. The molecule has 2 heterocycles. The molecule has 3 amide bonds. The number of hydrogen-bond donors (Lipinski definition) is 2. The van der Waals surface area contributed by atoms with Crippen LogP contribution in [-0.2, 0) is 13.1 Å². The van der Waals surface area contributed by atoms with Crippen molar-refractivity contribution < 1.29 is 14.0 Å². The van der Waals surface area contributed by atoms with Crippen molar-refractivity contribution in [3.05, 3.63) is 41.3 Å². The Morgan fingerprint density at radius 2 is 1.78 bits per heavy atom. The minimum atomic E-state index is -0.617. The molecule has 32 heavy (non-hydrogen) atoms. The van der Waals surface area contributed by atoms with E-state index in [4.69, 9.17) is 5.73 Å². The third-order valence-electron chi connectivity index (χ3n) is 8.02. The number of hydrogen-bond acceptors (Lipinski definition) is 3. The third-order valence-corrected chi connectivity index (χ3v) is 8.02. The third kappa shape index (κ3) is 3.19. The number of primary amides is 1. The van der Waals surface area contributed by atoms with E-state index in [1.54, 1.807) is 21.7 Å². The average molecular weight is 438 g/mol. The lowest BCUT2D eigenvalue weighted by Crippen LogP contribution is -2.62. The van der Waals surface area contributed by atoms with E-state index in [-0.39, 0.29) is 23.7 Å². The van der Waals surface area contributed by atoms with Gasteiger partial charge in [-0.25, -0.2) is 9.18 Å². The van der Waals surface area contributed by atoms with Gasteiger partial charge in [0.25, 0.3) is 5.91 Å². The summed E-state index contributed by atoms with van der Waals surface area (Å²) < 4.78 is 15.5. The molecule has 1 aromatic heterocycles. The van der Waals surface area contributed by atoms with Crippen molar-refractivity contribution in [2.45, 2.75) is 57.2 Å². The minimum absolute atomic E-state index is 0.0667. The molecule has 4 bridgehead atoms. The Balaban J connectivity index is 1.26. The molecule has 2 aromatic rings. The number of nitrogens with two attached hydrogens (primary N) is 1. The van der Waals surface area contributed by atoms with E-state index in [9.17, 15) is 14.0 Å². The molecular weight excluding hydrogens is 409 g/mol. The fourth-order valence-corrected chi connectivity index (χ4v) is 7.16. The number of carbonyl (C=O) groups is 2. The fourth-order valence-electron chi connectivity index (χ4n) is 7.16. The number of nitrogens with one attached hydrogen (secondary N) is 1. The SMILES string of the molecule is NC(=O)c1c(-c2cccc(F)c2)nn2c1CN(C(=O)NC13CC4CC(CC(C4)C1)C3)CC2. The lowest BCUT2D eigenvalue weighted by Gasteiger charge is -2.57. The molecule has 1 aromatic carbocycles. The molecule has 0 unspecified atom stereocenters. The van der Waals surface area contributed by atoms with Gasteiger partial charge >= 0.3 is 6.03 Å². The van der Waals surface area contributed by atoms with Crippen LogP contribution < -0.4 is 11.1 Å². The van der Waals surface area contributed by atoms with Crippen LogP contribution in [0, 0.1) is 23.6 Å². The molecule has 8 heteroatoms. The summed E-state index contributed by atoms with van der Waals surface area (Å²) in [7, 11) is 0. The summed E-state index contributed by atoms with van der Waals surface area (Å²) in [5.74, 6) is 1.23. The predicted molar refractivity (Wildman–Crippen MR) is 116 cm³/mol. The maximum Gasteiger partial charge on any atom is 0.318 e. The number of rotatable bonds is 3. The van der Waals surface area contributed by atoms with Crippen molar-refractivity contribution in [2.24, 2.45) is 23.5 Å². The number of amides is 3. The summed E-state index contributed by atoms with van der Waals surface area (Å²) in [6, 6.07) is 5.92. The number of nitrogens with zero attached hydrogens (tertiary/aromatic N) is 3. The van der Waals surface area contributed by atoms with E-state index in [1.807, 2.05) is 0 Å². The van der Waals surface area contributed by atoms with Crippen LogP contribution >= 0.6 is 0 Å². The zero-order chi connectivity index (χ0) is 22.0. The molecule has 0 atom stereocenters. The molecule has 7 rings (SSSR count). The number of carbonyl (C=O) groups excluding carboxylic acids is 2. The van der Waals surface area contributed by atoms with Gasteiger partial charge in [-0.15, -0.1) is 0 Å². The van der Waals surface area contributed by atoms with Crippen LogP contribution in [0.5, 0.6) is 0 Å². The first kappa shape index (κ1) is 19.8. The lowest BCUT2D eigenvalue weighted by atomic mass is 9.53. The molecule has 0 saturated heterocycles. The summed E-state index contributed by atoms with van der Waals surface area (Å²) >= 11 is 0. The Morgan fingerprint density at radius 1 is 1.09 bits per heavy atom. The fraction of sp³-hybridized carbons (Fsp3) is 0.542. The molecule has 4 fully saturated rings. The monoisotopic (exact) mass is 437 g/mol. The van der Waals surface area contributed by atoms with Crippen molar-refractivity contribution in [1.29, 1.82) is 0 Å². The van der Waals surface area contributed by atoms with E-state index in [1.165, 1.54) is 31.4 Å². The summed E-state index contributed by atoms with van der Waals surface area (Å²) in [6.07, 6.45) is 7.24. The Hall–Kier alpha value is -2.90. The number of urea groups is 1. The van der Waals surface area contributed by atoms with Crippen molar-refractivity contribution in [2.75, 3.05) is 6.54 Å². The van der Waals surface area contributed by atoms with Gasteiger partial charge in [0.05, 0.1) is 24.3 Å². The zero-order valence-corrected chi connectivity index (χ0v) is 18.0. The predicted octanol–water partition coefficient (Wildman–Crippen LogP) is 3.28. The van der Waals surface area contributed by atoms with Gasteiger partial charge in [0.15, 0.2) is 0 Å². The van der Waals surface area contributed by atoms with E-state index in [0.29, 0.717) is 30.0 Å². The molecular formula is C24H28FN5O2. The second kappa shape index (κ2) is 7.05. The van der Waals surface area contributed by atoms with Gasteiger partial charge in [0, 0.05) is 17.6 Å². The quantitative estimate of drug-likeness (QED) is 0.772. The van der Waals surface area contributed by atoms with Crippen LogP contribution in [-0.4, -0.2) is 38.7 Å².